The minimum absolute atomic E-state index is 0.106. The maximum Gasteiger partial charge on any atom is 0.0629 e. The second kappa shape index (κ2) is 7.57. The molecule has 0 N–H and O–H groups in total. The molecule has 42 heavy (non-hydrogen) atoms. The van der Waals surface area contributed by atoms with E-state index in [9.17, 15) is 0 Å². The van der Waals surface area contributed by atoms with Crippen LogP contribution in [0.5, 0.6) is 0 Å². The van der Waals surface area contributed by atoms with Crippen LogP contribution in [0.25, 0.3) is 82.4 Å². The van der Waals surface area contributed by atoms with Crippen LogP contribution in [0.3, 0.4) is 0 Å². The van der Waals surface area contributed by atoms with Crippen LogP contribution in [-0.2, 0) is 5.41 Å². The maximum absolute atomic E-state index is 2.58. The van der Waals surface area contributed by atoms with Crippen LogP contribution in [-0.4, -0.2) is 4.57 Å². The Balaban J connectivity index is 1.47. The van der Waals surface area contributed by atoms with Gasteiger partial charge in [0.05, 0.1) is 16.7 Å². The minimum Gasteiger partial charge on any atom is -0.308 e. The Morgan fingerprint density at radius 1 is 0.452 bits per heavy atom. The molecule has 196 valence electrons. The number of hydrogen-bond donors (Lipinski definition) is 0. The molecule has 0 atom stereocenters. The van der Waals surface area contributed by atoms with E-state index >= 15 is 0 Å². The van der Waals surface area contributed by atoms with Gasteiger partial charge >= 0.3 is 0 Å². The molecular weight excluding hydrogens is 506 g/mol. The molecule has 0 spiro atoms. The Bertz CT molecular complexity index is 2460. The highest BCUT2D eigenvalue weighted by atomic mass is 15.0. The van der Waals surface area contributed by atoms with Crippen LogP contribution in [0, 0.1) is 0 Å². The van der Waals surface area contributed by atoms with E-state index in [-0.39, 0.29) is 5.41 Å². The quantitative estimate of drug-likeness (QED) is 0.198. The van der Waals surface area contributed by atoms with Crippen molar-refractivity contribution in [2.75, 3.05) is 0 Å². The van der Waals surface area contributed by atoms with E-state index in [1.807, 2.05) is 0 Å². The maximum atomic E-state index is 2.58. The Hall–Kier alpha value is -5.14. The highest BCUT2D eigenvalue weighted by molar-refractivity contribution is 6.28. The minimum atomic E-state index is -0.106. The van der Waals surface area contributed by atoms with Gasteiger partial charge in [-0.15, -0.1) is 0 Å². The topological polar surface area (TPSA) is 4.93 Å². The number of fused-ring (bicyclic) bond motifs is 13. The Morgan fingerprint density at radius 3 is 1.86 bits per heavy atom. The molecule has 0 bridgehead atoms. The van der Waals surface area contributed by atoms with Gasteiger partial charge in [0.15, 0.2) is 0 Å². The molecule has 7 aromatic carbocycles. The lowest BCUT2D eigenvalue weighted by atomic mass is 9.79. The van der Waals surface area contributed by atoms with E-state index in [4.69, 9.17) is 0 Å². The van der Waals surface area contributed by atoms with Crippen LogP contribution in [0.15, 0.2) is 127 Å². The molecule has 10 rings (SSSR count). The van der Waals surface area contributed by atoms with Gasteiger partial charge in [-0.25, -0.2) is 0 Å². The number of nitrogens with zero attached hydrogens (tertiary/aromatic N) is 1. The average Bonchev–Trinajstić information content (AvgIpc) is 3.63. The van der Waals surface area contributed by atoms with Crippen LogP contribution >= 0.6 is 0 Å². The highest BCUT2D eigenvalue weighted by Crippen LogP contribution is 2.57. The Morgan fingerprint density at radius 2 is 1.05 bits per heavy atom. The van der Waals surface area contributed by atoms with E-state index in [0.717, 1.165) is 0 Å². The largest absolute Gasteiger partial charge is 0.308 e. The zero-order valence-corrected chi connectivity index (χ0v) is 23.6. The summed E-state index contributed by atoms with van der Waals surface area (Å²) in [6, 6.07) is 47.6. The fraction of sp³-hybridized carbons (Fsp3) is 0.0732. The molecule has 1 nitrogen and oxygen atoms in total. The standard InChI is InChI=1S/C41H27N/c1-41(2)33-20-9-7-16-30(33)38-39(41)29-15-6-5-14-27(29)37-32-17-8-10-21-34(32)42(40(37)38)35-23-22-28-25-13-4-3-12-24(25)26-18-11-19-31(35)36(26)28/h3-23H,1-2H3. The molecule has 8 aromatic rings. The first kappa shape index (κ1) is 22.5. The smallest absolute Gasteiger partial charge is 0.0629 e. The summed E-state index contributed by atoms with van der Waals surface area (Å²) in [4.78, 5) is 0. The summed E-state index contributed by atoms with van der Waals surface area (Å²) in [5.74, 6) is 0. The van der Waals surface area contributed by atoms with Gasteiger partial charge in [0, 0.05) is 27.1 Å². The van der Waals surface area contributed by atoms with Crippen molar-refractivity contribution in [3.63, 3.8) is 0 Å². The van der Waals surface area contributed by atoms with Gasteiger partial charge in [-0.1, -0.05) is 129 Å². The van der Waals surface area contributed by atoms with E-state index in [0.29, 0.717) is 0 Å². The lowest BCUT2D eigenvalue weighted by Crippen LogP contribution is -2.15. The van der Waals surface area contributed by atoms with Gasteiger partial charge in [-0.2, -0.15) is 0 Å². The summed E-state index contributed by atoms with van der Waals surface area (Å²) in [5, 5.41) is 8.01. The van der Waals surface area contributed by atoms with Crippen molar-refractivity contribution in [2.45, 2.75) is 19.3 Å². The van der Waals surface area contributed by atoms with Crippen molar-refractivity contribution in [1.82, 2.24) is 4.57 Å². The number of benzene rings is 7. The molecule has 2 aliphatic rings. The Kier molecular flexibility index (Phi) is 4.06. The summed E-state index contributed by atoms with van der Waals surface area (Å²) in [5.41, 5.74) is 14.6. The van der Waals surface area contributed by atoms with E-state index < -0.39 is 0 Å². The van der Waals surface area contributed by atoms with E-state index in [1.54, 1.807) is 0 Å². The number of aromatic nitrogens is 1. The summed E-state index contributed by atoms with van der Waals surface area (Å²) in [6.45, 7) is 4.80. The average molecular weight is 534 g/mol. The lowest BCUT2D eigenvalue weighted by Gasteiger charge is -2.24. The first-order valence-electron chi connectivity index (χ1n) is 14.9. The molecule has 1 heterocycles. The zero-order chi connectivity index (χ0) is 27.7. The van der Waals surface area contributed by atoms with Gasteiger partial charge in [0.25, 0.3) is 0 Å². The van der Waals surface area contributed by atoms with E-state index in [1.165, 1.54) is 93.5 Å². The molecule has 0 saturated heterocycles. The van der Waals surface area contributed by atoms with Crippen molar-refractivity contribution in [3.05, 3.63) is 139 Å². The summed E-state index contributed by atoms with van der Waals surface area (Å²) >= 11 is 0. The van der Waals surface area contributed by atoms with Crippen LogP contribution < -0.4 is 0 Å². The summed E-state index contributed by atoms with van der Waals surface area (Å²) < 4.78 is 2.58. The van der Waals surface area contributed by atoms with Crippen LogP contribution in [0.1, 0.15) is 25.0 Å². The van der Waals surface area contributed by atoms with Crippen LogP contribution in [0.2, 0.25) is 0 Å². The van der Waals surface area contributed by atoms with Crippen LogP contribution in [0.4, 0.5) is 0 Å². The number of hydrogen-bond acceptors (Lipinski definition) is 0. The predicted octanol–water partition coefficient (Wildman–Crippen LogP) is 11.0. The SMILES string of the molecule is CC1(C)c2ccccc2-c2c1c1ccccc1c1c3ccccc3n(-c3ccc4c5c(cccc35)-c3ccccc3-4)c21. The molecular formula is C41H27N. The summed E-state index contributed by atoms with van der Waals surface area (Å²) in [6.07, 6.45) is 0. The third-order valence-electron chi connectivity index (χ3n) is 10.1. The second-order valence-electron chi connectivity index (χ2n) is 12.4. The highest BCUT2D eigenvalue weighted by Gasteiger charge is 2.39. The fourth-order valence-corrected chi connectivity index (χ4v) is 8.45. The Labute approximate surface area is 244 Å². The molecule has 0 radical (unpaired) electrons. The van der Waals surface area contributed by atoms with Crippen molar-refractivity contribution in [2.24, 2.45) is 0 Å². The van der Waals surface area contributed by atoms with Crippen molar-refractivity contribution in [1.29, 1.82) is 0 Å². The fourth-order valence-electron chi connectivity index (χ4n) is 8.45. The first-order chi connectivity index (χ1) is 20.6. The number of rotatable bonds is 1. The normalized spacial score (nSPS) is 14.1. The third-order valence-corrected chi connectivity index (χ3v) is 10.1. The van der Waals surface area contributed by atoms with Crippen molar-refractivity contribution >= 4 is 43.4 Å². The van der Waals surface area contributed by atoms with E-state index in [2.05, 4.69) is 146 Å². The van der Waals surface area contributed by atoms with Gasteiger partial charge < -0.3 is 4.57 Å². The molecule has 0 saturated carbocycles. The van der Waals surface area contributed by atoms with Crippen molar-refractivity contribution < 1.29 is 0 Å². The summed E-state index contributed by atoms with van der Waals surface area (Å²) in [7, 11) is 0. The molecule has 0 unspecified atom stereocenters. The molecule has 0 amide bonds. The zero-order valence-electron chi connectivity index (χ0n) is 23.6. The molecule has 1 aromatic heterocycles. The van der Waals surface area contributed by atoms with Gasteiger partial charge in [-0.3, -0.25) is 0 Å². The molecule has 2 aliphatic carbocycles. The molecule has 0 fully saturated rings. The number of para-hydroxylation sites is 1. The van der Waals surface area contributed by atoms with Gasteiger partial charge in [0.2, 0.25) is 0 Å². The monoisotopic (exact) mass is 533 g/mol. The van der Waals surface area contributed by atoms with Gasteiger partial charge in [-0.05, 0) is 67.2 Å². The molecule has 0 aliphatic heterocycles. The third kappa shape index (κ3) is 2.52. The second-order valence-corrected chi connectivity index (χ2v) is 12.4. The lowest BCUT2D eigenvalue weighted by molar-refractivity contribution is 0.666. The van der Waals surface area contributed by atoms with Crippen molar-refractivity contribution in [3.8, 4) is 39.1 Å². The predicted molar refractivity (Wildman–Crippen MR) is 178 cm³/mol. The van der Waals surface area contributed by atoms with Gasteiger partial charge in [0.1, 0.15) is 0 Å². The first-order valence-corrected chi connectivity index (χ1v) is 14.9. The molecule has 1 heteroatoms.